The fourth-order valence-corrected chi connectivity index (χ4v) is 2.09. The molecule has 1 rings (SSSR count). The molecule has 4 heteroatoms. The van der Waals surface area contributed by atoms with E-state index in [-0.39, 0.29) is 12.2 Å². The van der Waals surface area contributed by atoms with E-state index in [1.807, 2.05) is 6.92 Å². The molecule has 1 atom stereocenters. The first-order valence-corrected chi connectivity index (χ1v) is 4.77. The number of aliphatic hydroxyl groups excluding tert-OH is 1. The lowest BCUT2D eigenvalue weighted by Crippen LogP contribution is -2.02. The Morgan fingerprint density at radius 3 is 2.82 bits per heavy atom. The lowest BCUT2D eigenvalue weighted by molar-refractivity contribution is -0.115. The summed E-state index contributed by atoms with van der Waals surface area (Å²) >= 11 is 7.09. The highest BCUT2D eigenvalue weighted by Gasteiger charge is 2.29. The summed E-state index contributed by atoms with van der Waals surface area (Å²) in [6, 6.07) is 0. The van der Waals surface area contributed by atoms with Gasteiger partial charge in [-0.3, -0.25) is 4.79 Å². The van der Waals surface area contributed by atoms with Crippen LogP contribution in [0.1, 0.15) is 13.3 Å². The van der Waals surface area contributed by atoms with Gasteiger partial charge in [0.05, 0.1) is 16.0 Å². The third kappa shape index (κ3) is 1.78. The van der Waals surface area contributed by atoms with Crippen molar-refractivity contribution >= 4 is 29.1 Å². The van der Waals surface area contributed by atoms with Gasteiger partial charge in [-0.15, -0.1) is 11.8 Å². The smallest absolute Gasteiger partial charge is 0.173 e. The van der Waals surface area contributed by atoms with Crippen molar-refractivity contribution in [3.8, 4) is 0 Å². The maximum atomic E-state index is 11.1. The van der Waals surface area contributed by atoms with Gasteiger partial charge in [0.1, 0.15) is 0 Å². The topological polar surface area (TPSA) is 37.3 Å². The molecular formula is C7H9ClO2S. The molecule has 0 heterocycles. The first-order valence-electron chi connectivity index (χ1n) is 3.40. The van der Waals surface area contributed by atoms with E-state index in [4.69, 9.17) is 16.7 Å². The highest BCUT2D eigenvalue weighted by atomic mass is 35.5. The van der Waals surface area contributed by atoms with Crippen LogP contribution in [-0.4, -0.2) is 22.7 Å². The number of rotatable bonds is 2. The number of Topliss-reactive ketones (excluding diaryl/α,β-unsaturated/α-hetero) is 1. The Balaban J connectivity index is 2.79. The van der Waals surface area contributed by atoms with Crippen LogP contribution in [0.4, 0.5) is 0 Å². The molecule has 0 saturated heterocycles. The highest BCUT2D eigenvalue weighted by Crippen LogP contribution is 2.33. The van der Waals surface area contributed by atoms with E-state index < -0.39 is 6.10 Å². The molecule has 0 aliphatic heterocycles. The van der Waals surface area contributed by atoms with E-state index in [9.17, 15) is 4.79 Å². The van der Waals surface area contributed by atoms with Gasteiger partial charge >= 0.3 is 0 Å². The molecule has 0 fully saturated rings. The molecule has 0 aromatic carbocycles. The molecule has 0 bridgehead atoms. The molecule has 0 aromatic rings. The third-order valence-corrected chi connectivity index (χ3v) is 3.01. The minimum absolute atomic E-state index is 0.0330. The zero-order chi connectivity index (χ0) is 8.43. The van der Waals surface area contributed by atoms with Crippen molar-refractivity contribution in [3.05, 3.63) is 9.94 Å². The molecule has 0 aromatic heterocycles. The molecule has 0 radical (unpaired) electrons. The van der Waals surface area contributed by atoms with Gasteiger partial charge in [0.2, 0.25) is 0 Å². The van der Waals surface area contributed by atoms with Crippen LogP contribution in [0, 0.1) is 0 Å². The van der Waals surface area contributed by atoms with E-state index in [0.29, 0.717) is 9.94 Å². The van der Waals surface area contributed by atoms with Crippen molar-refractivity contribution < 1.29 is 9.90 Å². The van der Waals surface area contributed by atoms with E-state index >= 15 is 0 Å². The largest absolute Gasteiger partial charge is 0.387 e. The second-order valence-electron chi connectivity index (χ2n) is 2.25. The summed E-state index contributed by atoms with van der Waals surface area (Å²) in [5.74, 6) is 0.777. The Morgan fingerprint density at radius 2 is 2.45 bits per heavy atom. The van der Waals surface area contributed by atoms with Crippen LogP contribution in [0.3, 0.4) is 0 Å². The zero-order valence-corrected chi connectivity index (χ0v) is 7.71. The number of halogens is 1. The molecule has 0 amide bonds. The van der Waals surface area contributed by atoms with Crippen LogP contribution in [-0.2, 0) is 4.79 Å². The van der Waals surface area contributed by atoms with Gasteiger partial charge < -0.3 is 5.11 Å². The number of thioether (sulfide) groups is 1. The van der Waals surface area contributed by atoms with Crippen molar-refractivity contribution in [2.45, 2.75) is 19.4 Å². The van der Waals surface area contributed by atoms with Crippen molar-refractivity contribution in [1.29, 1.82) is 0 Å². The second-order valence-corrected chi connectivity index (χ2v) is 3.93. The summed E-state index contributed by atoms with van der Waals surface area (Å²) < 4.78 is 0. The second kappa shape index (κ2) is 3.61. The standard InChI is InChI=1S/C7H9ClO2S/c1-2-11-7-5(10)3-4(9)6(7)8/h4,9H,2-3H2,1H3. The normalized spacial score (nSPS) is 25.0. The summed E-state index contributed by atoms with van der Waals surface area (Å²) in [5, 5.41) is 9.46. The van der Waals surface area contributed by atoms with Crippen LogP contribution in [0.2, 0.25) is 0 Å². The minimum atomic E-state index is -0.752. The van der Waals surface area contributed by atoms with Crippen LogP contribution < -0.4 is 0 Å². The van der Waals surface area contributed by atoms with Crippen molar-refractivity contribution in [2.75, 3.05) is 5.75 Å². The van der Waals surface area contributed by atoms with Gasteiger partial charge in [-0.05, 0) is 5.75 Å². The molecule has 2 nitrogen and oxygen atoms in total. The Morgan fingerprint density at radius 1 is 1.82 bits per heavy atom. The molecule has 1 aliphatic carbocycles. The summed E-state index contributed by atoms with van der Waals surface area (Å²) in [6.45, 7) is 1.94. The molecule has 62 valence electrons. The Hall–Kier alpha value is 0.01000. The molecule has 1 N–H and O–H groups in total. The molecule has 1 unspecified atom stereocenters. The summed E-state index contributed by atoms with van der Waals surface area (Å²) in [6.07, 6.45) is -0.598. The highest BCUT2D eigenvalue weighted by molar-refractivity contribution is 8.04. The average Bonchev–Trinajstić information content (AvgIpc) is 2.17. The SMILES string of the molecule is CCSC1=C(Cl)C(O)CC1=O. The fourth-order valence-electron chi connectivity index (χ4n) is 0.936. The maximum Gasteiger partial charge on any atom is 0.173 e. The van der Waals surface area contributed by atoms with Crippen LogP contribution in [0.25, 0.3) is 0 Å². The van der Waals surface area contributed by atoms with Gasteiger partial charge in [0.25, 0.3) is 0 Å². The van der Waals surface area contributed by atoms with Gasteiger partial charge in [-0.25, -0.2) is 0 Å². The van der Waals surface area contributed by atoms with E-state index in [1.54, 1.807) is 0 Å². The van der Waals surface area contributed by atoms with Gasteiger partial charge in [0.15, 0.2) is 5.78 Å². The number of hydrogen-bond acceptors (Lipinski definition) is 3. The van der Waals surface area contributed by atoms with Gasteiger partial charge in [-0.1, -0.05) is 18.5 Å². The molecule has 0 spiro atoms. The molecule has 1 aliphatic rings. The number of allylic oxidation sites excluding steroid dienone is 1. The molecule has 11 heavy (non-hydrogen) atoms. The summed E-state index contributed by atoms with van der Waals surface area (Å²) in [7, 11) is 0. The van der Waals surface area contributed by atoms with Gasteiger partial charge in [-0.2, -0.15) is 0 Å². The number of carbonyl (C=O) groups excluding carboxylic acids is 1. The summed E-state index contributed by atoms with van der Waals surface area (Å²) in [5.41, 5.74) is 0. The molecule has 0 saturated carbocycles. The number of carbonyl (C=O) groups is 1. The van der Waals surface area contributed by atoms with Crippen LogP contribution >= 0.6 is 23.4 Å². The van der Waals surface area contributed by atoms with E-state index in [2.05, 4.69) is 0 Å². The predicted molar refractivity (Wildman–Crippen MR) is 46.6 cm³/mol. The monoisotopic (exact) mass is 192 g/mol. The first-order chi connectivity index (χ1) is 5.16. The minimum Gasteiger partial charge on any atom is -0.387 e. The maximum absolute atomic E-state index is 11.1. The zero-order valence-electron chi connectivity index (χ0n) is 6.13. The van der Waals surface area contributed by atoms with Crippen molar-refractivity contribution in [1.82, 2.24) is 0 Å². The number of ketones is 1. The predicted octanol–water partition coefficient (Wildman–Crippen LogP) is 1.52. The van der Waals surface area contributed by atoms with E-state index in [1.165, 1.54) is 11.8 Å². The Labute approximate surface area is 74.6 Å². The summed E-state index contributed by atoms with van der Waals surface area (Å²) in [4.78, 5) is 11.6. The van der Waals surface area contributed by atoms with Gasteiger partial charge in [0, 0.05) is 6.42 Å². The quantitative estimate of drug-likeness (QED) is 0.721. The Kier molecular flexibility index (Phi) is 2.98. The van der Waals surface area contributed by atoms with Crippen LogP contribution in [0.5, 0.6) is 0 Å². The molecular weight excluding hydrogens is 184 g/mol. The average molecular weight is 193 g/mol. The lowest BCUT2D eigenvalue weighted by atomic mass is 10.3. The lowest BCUT2D eigenvalue weighted by Gasteiger charge is -1.97. The van der Waals surface area contributed by atoms with Crippen molar-refractivity contribution in [2.24, 2.45) is 0 Å². The van der Waals surface area contributed by atoms with Crippen molar-refractivity contribution in [3.63, 3.8) is 0 Å². The van der Waals surface area contributed by atoms with Crippen LogP contribution in [0.15, 0.2) is 9.94 Å². The first kappa shape index (κ1) is 9.10. The van der Waals surface area contributed by atoms with E-state index in [0.717, 1.165) is 5.75 Å². The number of aliphatic hydroxyl groups is 1. The number of hydrogen-bond donors (Lipinski definition) is 1. The fraction of sp³-hybridized carbons (Fsp3) is 0.571. The third-order valence-electron chi connectivity index (χ3n) is 1.43. The Bertz CT molecular complexity index is 212.